The molecule has 0 aromatic heterocycles. The Hall–Kier alpha value is -4.06. The predicted molar refractivity (Wildman–Crippen MR) is 156 cm³/mol. The van der Waals surface area contributed by atoms with Crippen molar-refractivity contribution in [1.82, 2.24) is 0 Å². The van der Waals surface area contributed by atoms with Gasteiger partial charge in [0, 0.05) is 22.6 Å². The molecule has 4 aromatic carbocycles. The van der Waals surface area contributed by atoms with Crippen LogP contribution in [0, 0.1) is 6.92 Å². The van der Waals surface area contributed by atoms with Crippen LogP contribution in [0.15, 0.2) is 101 Å². The molecule has 0 bridgehead atoms. The van der Waals surface area contributed by atoms with Crippen LogP contribution in [0.1, 0.15) is 22.8 Å². The van der Waals surface area contributed by atoms with Crippen molar-refractivity contribution in [3.8, 4) is 5.75 Å². The number of aryl methyl sites for hydroxylation is 1. The molecule has 12 heteroatoms. The van der Waals surface area contributed by atoms with Crippen LogP contribution < -0.4 is 19.5 Å². The first-order valence-corrected chi connectivity index (χ1v) is 15.4. The number of anilines is 3. The van der Waals surface area contributed by atoms with Gasteiger partial charge in [0.25, 0.3) is 26.0 Å². The number of carbonyl (C=O) groups is 1. The van der Waals surface area contributed by atoms with Gasteiger partial charge in [0.05, 0.1) is 16.5 Å². The van der Waals surface area contributed by atoms with E-state index < -0.39 is 26.0 Å². The zero-order valence-electron chi connectivity index (χ0n) is 21.5. The number of benzene rings is 4. The number of ether oxygens (including phenoxy) is 1. The van der Waals surface area contributed by atoms with Gasteiger partial charge >= 0.3 is 0 Å². The molecule has 0 saturated carbocycles. The van der Waals surface area contributed by atoms with Crippen LogP contribution in [0.2, 0.25) is 5.02 Å². The fourth-order valence-electron chi connectivity index (χ4n) is 3.61. The fourth-order valence-corrected chi connectivity index (χ4v) is 6.25. The maximum absolute atomic E-state index is 13.0. The van der Waals surface area contributed by atoms with Gasteiger partial charge in [0.15, 0.2) is 0 Å². The second-order valence-electron chi connectivity index (χ2n) is 8.66. The second kappa shape index (κ2) is 12.0. The van der Waals surface area contributed by atoms with Gasteiger partial charge in [-0.15, -0.1) is 0 Å². The van der Waals surface area contributed by atoms with E-state index in [1.54, 1.807) is 48.5 Å². The van der Waals surface area contributed by atoms with E-state index in [2.05, 4.69) is 14.8 Å². The summed E-state index contributed by atoms with van der Waals surface area (Å²) in [4.78, 5) is 12.6. The lowest BCUT2D eigenvalue weighted by Gasteiger charge is -2.13. The minimum absolute atomic E-state index is 0.0233. The van der Waals surface area contributed by atoms with Gasteiger partial charge in [-0.2, -0.15) is 0 Å². The van der Waals surface area contributed by atoms with Crippen molar-refractivity contribution in [3.63, 3.8) is 0 Å². The predicted octanol–water partition coefficient (Wildman–Crippen LogP) is 5.90. The SMILES string of the molecule is CCOc1ccc(NS(=O)(=O)c2cc(NC(=O)c3ccc(S(=O)(=O)Nc4ccc(C)cc4)cc3)ccc2Cl)cc1. The van der Waals surface area contributed by atoms with E-state index >= 15 is 0 Å². The first kappa shape index (κ1) is 28.9. The quantitative estimate of drug-likeness (QED) is 0.208. The number of carbonyl (C=O) groups excluding carboxylic acids is 1. The van der Waals surface area contributed by atoms with Gasteiger partial charge in [-0.3, -0.25) is 14.2 Å². The minimum atomic E-state index is -4.09. The van der Waals surface area contributed by atoms with Gasteiger partial charge in [-0.05, 0) is 92.7 Å². The number of nitrogens with one attached hydrogen (secondary N) is 3. The van der Waals surface area contributed by atoms with Gasteiger partial charge in [0.1, 0.15) is 10.6 Å². The molecule has 0 spiro atoms. The summed E-state index contributed by atoms with van der Waals surface area (Å²) < 4.78 is 61.8. The molecule has 0 aliphatic carbocycles. The van der Waals surface area contributed by atoms with E-state index in [1.165, 1.54) is 42.5 Å². The summed E-state index contributed by atoms with van der Waals surface area (Å²) in [5.41, 5.74) is 2.06. The summed E-state index contributed by atoms with van der Waals surface area (Å²) in [6.07, 6.45) is 0. The third kappa shape index (κ3) is 7.12. The third-order valence-electron chi connectivity index (χ3n) is 5.63. The average molecular weight is 600 g/mol. The molecule has 4 rings (SSSR count). The molecule has 0 atom stereocenters. The molecule has 0 unspecified atom stereocenters. The molecule has 3 N–H and O–H groups in total. The van der Waals surface area contributed by atoms with Gasteiger partial charge in [0.2, 0.25) is 0 Å². The molecule has 0 heterocycles. The molecule has 9 nitrogen and oxygen atoms in total. The zero-order chi connectivity index (χ0) is 28.9. The summed E-state index contributed by atoms with van der Waals surface area (Å²) in [6, 6.07) is 22.7. The highest BCUT2D eigenvalue weighted by atomic mass is 35.5. The van der Waals surface area contributed by atoms with Crippen LogP contribution in [0.25, 0.3) is 0 Å². The van der Waals surface area contributed by atoms with E-state index in [9.17, 15) is 21.6 Å². The van der Waals surface area contributed by atoms with E-state index in [0.717, 1.165) is 5.56 Å². The lowest BCUT2D eigenvalue weighted by Crippen LogP contribution is -2.16. The van der Waals surface area contributed by atoms with Crippen LogP contribution in [0.3, 0.4) is 0 Å². The monoisotopic (exact) mass is 599 g/mol. The topological polar surface area (TPSA) is 131 Å². The van der Waals surface area contributed by atoms with E-state index in [4.69, 9.17) is 16.3 Å². The summed E-state index contributed by atoms with van der Waals surface area (Å²) in [5.74, 6) is 0.0296. The Morgan fingerprint density at radius 1 is 0.750 bits per heavy atom. The summed E-state index contributed by atoms with van der Waals surface area (Å²) in [7, 11) is -7.95. The smallest absolute Gasteiger partial charge is 0.263 e. The van der Waals surface area contributed by atoms with Crippen molar-refractivity contribution in [2.45, 2.75) is 23.6 Å². The lowest BCUT2D eigenvalue weighted by molar-refractivity contribution is 0.102. The summed E-state index contributed by atoms with van der Waals surface area (Å²) in [5, 5.41) is 2.58. The molecular formula is C28H26ClN3O6S2. The number of amides is 1. The molecule has 0 aliphatic heterocycles. The molecule has 0 radical (unpaired) electrons. The highest BCUT2D eigenvalue weighted by Crippen LogP contribution is 2.28. The van der Waals surface area contributed by atoms with Gasteiger partial charge in [-0.25, -0.2) is 16.8 Å². The normalized spacial score (nSPS) is 11.5. The summed E-state index contributed by atoms with van der Waals surface area (Å²) in [6.45, 7) is 4.22. The number of rotatable bonds is 10. The Kier molecular flexibility index (Phi) is 8.67. The standard InChI is InChI=1S/C28H26ClN3O6S2/c1-3-38-24-13-10-22(11-14-24)32-40(36,37)27-18-23(12-17-26(27)29)30-28(33)20-6-15-25(16-7-20)39(34,35)31-21-8-4-19(2)5-9-21/h4-18,31-32H,3H2,1-2H3,(H,30,33). The lowest BCUT2D eigenvalue weighted by atomic mass is 10.2. The maximum Gasteiger partial charge on any atom is 0.263 e. The Bertz CT molecular complexity index is 1720. The Morgan fingerprint density at radius 3 is 1.90 bits per heavy atom. The first-order chi connectivity index (χ1) is 19.0. The van der Waals surface area contributed by atoms with E-state index in [1.807, 2.05) is 13.8 Å². The van der Waals surface area contributed by atoms with E-state index in [-0.39, 0.29) is 26.1 Å². The number of hydrogen-bond acceptors (Lipinski definition) is 6. The molecule has 1 amide bonds. The highest BCUT2D eigenvalue weighted by molar-refractivity contribution is 7.93. The van der Waals surface area contributed by atoms with Crippen LogP contribution in [0.4, 0.5) is 17.1 Å². The number of sulfonamides is 2. The first-order valence-electron chi connectivity index (χ1n) is 12.0. The minimum Gasteiger partial charge on any atom is -0.494 e. The molecule has 40 heavy (non-hydrogen) atoms. The number of halogens is 1. The summed E-state index contributed by atoms with van der Waals surface area (Å²) >= 11 is 6.18. The van der Waals surface area contributed by atoms with Crippen molar-refractivity contribution in [2.24, 2.45) is 0 Å². The average Bonchev–Trinajstić information content (AvgIpc) is 2.92. The van der Waals surface area contributed by atoms with Crippen molar-refractivity contribution in [1.29, 1.82) is 0 Å². The van der Waals surface area contributed by atoms with Crippen molar-refractivity contribution in [3.05, 3.63) is 107 Å². The molecule has 4 aromatic rings. The van der Waals surface area contributed by atoms with Crippen molar-refractivity contribution < 1.29 is 26.4 Å². The molecule has 0 saturated heterocycles. The largest absolute Gasteiger partial charge is 0.494 e. The van der Waals surface area contributed by atoms with Crippen LogP contribution in [-0.4, -0.2) is 29.3 Å². The molecule has 0 fully saturated rings. The zero-order valence-corrected chi connectivity index (χ0v) is 23.9. The fraction of sp³-hybridized carbons (Fsp3) is 0.107. The molecule has 208 valence electrons. The van der Waals surface area contributed by atoms with Gasteiger partial charge < -0.3 is 10.1 Å². The van der Waals surface area contributed by atoms with Crippen molar-refractivity contribution >= 4 is 54.6 Å². The van der Waals surface area contributed by atoms with Crippen LogP contribution in [0.5, 0.6) is 5.75 Å². The van der Waals surface area contributed by atoms with Crippen molar-refractivity contribution in [2.75, 3.05) is 21.4 Å². The van der Waals surface area contributed by atoms with Crippen LogP contribution >= 0.6 is 11.6 Å². The Balaban J connectivity index is 1.47. The molecular weight excluding hydrogens is 574 g/mol. The Morgan fingerprint density at radius 2 is 1.30 bits per heavy atom. The van der Waals surface area contributed by atoms with E-state index in [0.29, 0.717) is 23.7 Å². The third-order valence-corrected chi connectivity index (χ3v) is 8.89. The maximum atomic E-state index is 13.0. The highest BCUT2D eigenvalue weighted by Gasteiger charge is 2.20. The Labute approximate surface area is 238 Å². The number of hydrogen-bond donors (Lipinski definition) is 3. The van der Waals surface area contributed by atoms with Crippen LogP contribution in [-0.2, 0) is 20.0 Å². The van der Waals surface area contributed by atoms with Gasteiger partial charge in [-0.1, -0.05) is 29.3 Å². The second-order valence-corrected chi connectivity index (χ2v) is 12.4. The molecule has 0 aliphatic rings.